The number of hydrogen-bond acceptors (Lipinski definition) is 5. The molecule has 0 aliphatic carbocycles. The molecule has 0 aromatic rings. The van der Waals surface area contributed by atoms with E-state index in [0.29, 0.717) is 39.0 Å². The summed E-state index contributed by atoms with van der Waals surface area (Å²) >= 11 is 0. The molecule has 1 fully saturated rings. The number of hydrogen-bond donors (Lipinski definition) is 0. The molecule has 0 amide bonds. The highest BCUT2D eigenvalue weighted by Crippen LogP contribution is 2.07. The first-order valence-electron chi connectivity index (χ1n) is 4.67. The minimum atomic E-state index is -0.253. The summed E-state index contributed by atoms with van der Waals surface area (Å²) in [4.78, 5) is 10.6. The second kappa shape index (κ2) is 6.75. The molecule has 1 unspecified atom stereocenters. The van der Waals surface area contributed by atoms with Gasteiger partial charge in [0.2, 0.25) is 0 Å². The Morgan fingerprint density at radius 3 is 2.71 bits per heavy atom. The first-order valence-corrected chi connectivity index (χ1v) is 4.67. The molecule has 0 aromatic heterocycles. The van der Waals surface area contributed by atoms with Crippen LogP contribution < -0.4 is 0 Å². The van der Waals surface area contributed by atoms with Gasteiger partial charge >= 0.3 is 5.97 Å². The highest BCUT2D eigenvalue weighted by molar-refractivity contribution is 5.69. The summed E-state index contributed by atoms with van der Waals surface area (Å²) in [7, 11) is 1.36. The Morgan fingerprint density at radius 1 is 1.36 bits per heavy atom. The molecule has 0 aromatic carbocycles. The van der Waals surface area contributed by atoms with Crippen molar-refractivity contribution in [3.63, 3.8) is 0 Å². The van der Waals surface area contributed by atoms with Gasteiger partial charge in [-0.15, -0.1) is 0 Å². The summed E-state index contributed by atoms with van der Waals surface area (Å²) in [5.74, 6) is -0.253. The van der Waals surface area contributed by atoms with Crippen LogP contribution in [0.4, 0.5) is 0 Å². The van der Waals surface area contributed by atoms with Crippen LogP contribution >= 0.6 is 0 Å². The normalized spacial score (nSPS) is 19.4. The lowest BCUT2D eigenvalue weighted by molar-refractivity contribution is -0.141. The Labute approximate surface area is 83.3 Å². The van der Waals surface area contributed by atoms with E-state index in [1.807, 2.05) is 0 Å². The molecular formula is C9H16O5. The molecule has 82 valence electrons. The third-order valence-electron chi connectivity index (χ3n) is 1.76. The Kier molecular flexibility index (Phi) is 5.51. The summed E-state index contributed by atoms with van der Waals surface area (Å²) in [6.07, 6.45) is 0.590. The van der Waals surface area contributed by atoms with Crippen molar-refractivity contribution in [3.05, 3.63) is 0 Å². The first kappa shape index (κ1) is 11.4. The molecule has 0 N–H and O–H groups in total. The van der Waals surface area contributed by atoms with Crippen molar-refractivity contribution in [3.8, 4) is 0 Å². The maximum absolute atomic E-state index is 10.6. The van der Waals surface area contributed by atoms with E-state index >= 15 is 0 Å². The molecule has 1 saturated heterocycles. The number of rotatable bonds is 8. The Bertz CT molecular complexity index is 167. The van der Waals surface area contributed by atoms with Gasteiger partial charge in [-0.2, -0.15) is 0 Å². The Hall–Kier alpha value is -0.650. The molecule has 0 spiro atoms. The Balaban J connectivity index is 1.72. The average Bonchev–Trinajstić information content (AvgIpc) is 2.99. The standard InChI is InChI=1S/C9H16O5/c1-11-9(10)2-3-12-4-5-13-6-8-7-14-8/h8H,2-7H2,1H3. The zero-order valence-electron chi connectivity index (χ0n) is 8.36. The summed E-state index contributed by atoms with van der Waals surface area (Å²) < 4.78 is 19.8. The van der Waals surface area contributed by atoms with Crippen molar-refractivity contribution in [1.82, 2.24) is 0 Å². The summed E-state index contributed by atoms with van der Waals surface area (Å²) in [5.41, 5.74) is 0. The highest BCUT2D eigenvalue weighted by Gasteiger charge is 2.21. The third-order valence-corrected chi connectivity index (χ3v) is 1.76. The largest absolute Gasteiger partial charge is 0.469 e. The quantitative estimate of drug-likeness (QED) is 0.316. The van der Waals surface area contributed by atoms with Crippen molar-refractivity contribution in [2.45, 2.75) is 12.5 Å². The van der Waals surface area contributed by atoms with Crippen LogP contribution in [0.3, 0.4) is 0 Å². The van der Waals surface area contributed by atoms with E-state index in [1.54, 1.807) is 0 Å². The summed E-state index contributed by atoms with van der Waals surface area (Å²) in [5, 5.41) is 0. The van der Waals surface area contributed by atoms with Crippen molar-refractivity contribution in [2.24, 2.45) is 0 Å². The van der Waals surface area contributed by atoms with Gasteiger partial charge in [-0.3, -0.25) is 4.79 Å². The van der Waals surface area contributed by atoms with E-state index in [1.165, 1.54) is 7.11 Å². The number of carbonyl (C=O) groups excluding carboxylic acids is 1. The van der Waals surface area contributed by atoms with Crippen LogP contribution in [-0.4, -0.2) is 52.2 Å². The molecule has 0 saturated carbocycles. The van der Waals surface area contributed by atoms with Gasteiger partial charge in [0, 0.05) is 0 Å². The second-order valence-electron chi connectivity index (χ2n) is 2.97. The fourth-order valence-electron chi connectivity index (χ4n) is 0.857. The van der Waals surface area contributed by atoms with Gasteiger partial charge in [-0.25, -0.2) is 0 Å². The van der Waals surface area contributed by atoms with Crippen molar-refractivity contribution in [2.75, 3.05) is 40.1 Å². The van der Waals surface area contributed by atoms with E-state index in [2.05, 4.69) is 4.74 Å². The highest BCUT2D eigenvalue weighted by atomic mass is 16.6. The van der Waals surface area contributed by atoms with E-state index in [-0.39, 0.29) is 5.97 Å². The van der Waals surface area contributed by atoms with Crippen molar-refractivity contribution >= 4 is 5.97 Å². The van der Waals surface area contributed by atoms with Crippen LogP contribution in [0.5, 0.6) is 0 Å². The van der Waals surface area contributed by atoms with E-state index in [9.17, 15) is 4.79 Å². The van der Waals surface area contributed by atoms with Gasteiger partial charge in [-0.1, -0.05) is 0 Å². The monoisotopic (exact) mass is 204 g/mol. The number of carbonyl (C=O) groups is 1. The Morgan fingerprint density at radius 2 is 2.07 bits per heavy atom. The zero-order valence-corrected chi connectivity index (χ0v) is 8.36. The summed E-state index contributed by atoms with van der Waals surface area (Å²) in [6, 6.07) is 0. The van der Waals surface area contributed by atoms with Crippen molar-refractivity contribution in [1.29, 1.82) is 0 Å². The SMILES string of the molecule is COC(=O)CCOCCOCC1CO1. The molecule has 0 radical (unpaired) electrons. The lowest BCUT2D eigenvalue weighted by Gasteiger charge is -2.03. The molecular weight excluding hydrogens is 188 g/mol. The topological polar surface area (TPSA) is 57.3 Å². The van der Waals surface area contributed by atoms with Gasteiger partial charge in [0.25, 0.3) is 0 Å². The number of methoxy groups -OCH3 is 1. The fourth-order valence-corrected chi connectivity index (χ4v) is 0.857. The van der Waals surface area contributed by atoms with Gasteiger partial charge in [0.05, 0.1) is 46.6 Å². The fraction of sp³-hybridized carbons (Fsp3) is 0.889. The lowest BCUT2D eigenvalue weighted by atomic mass is 10.5. The zero-order chi connectivity index (χ0) is 10.2. The number of ether oxygens (including phenoxy) is 4. The van der Waals surface area contributed by atoms with Gasteiger partial charge in [0.15, 0.2) is 0 Å². The third kappa shape index (κ3) is 5.90. The lowest BCUT2D eigenvalue weighted by Crippen LogP contribution is -2.11. The molecule has 1 rings (SSSR count). The van der Waals surface area contributed by atoms with Gasteiger partial charge < -0.3 is 18.9 Å². The average molecular weight is 204 g/mol. The van der Waals surface area contributed by atoms with Crippen LogP contribution in [0.1, 0.15) is 6.42 Å². The molecule has 1 aliphatic rings. The molecule has 1 heterocycles. The van der Waals surface area contributed by atoms with Crippen molar-refractivity contribution < 1.29 is 23.7 Å². The number of epoxide rings is 1. The smallest absolute Gasteiger partial charge is 0.307 e. The van der Waals surface area contributed by atoms with Crippen LogP contribution in [-0.2, 0) is 23.7 Å². The second-order valence-corrected chi connectivity index (χ2v) is 2.97. The predicted octanol–water partition coefficient (Wildman–Crippen LogP) is -0.0185. The van der Waals surface area contributed by atoms with E-state index < -0.39 is 0 Å². The summed E-state index contributed by atoms with van der Waals surface area (Å²) in [6.45, 7) is 2.88. The molecule has 5 heteroatoms. The molecule has 5 nitrogen and oxygen atoms in total. The van der Waals surface area contributed by atoms with Crippen LogP contribution in [0, 0.1) is 0 Å². The maximum Gasteiger partial charge on any atom is 0.307 e. The predicted molar refractivity (Wildman–Crippen MR) is 48.0 cm³/mol. The van der Waals surface area contributed by atoms with Gasteiger partial charge in [0.1, 0.15) is 6.10 Å². The van der Waals surface area contributed by atoms with Crippen LogP contribution in [0.25, 0.3) is 0 Å². The van der Waals surface area contributed by atoms with E-state index in [0.717, 1.165) is 6.61 Å². The molecule has 1 aliphatic heterocycles. The van der Waals surface area contributed by atoms with Crippen LogP contribution in [0.2, 0.25) is 0 Å². The minimum absolute atomic E-state index is 0.253. The number of esters is 1. The maximum atomic E-state index is 10.6. The van der Waals surface area contributed by atoms with Crippen LogP contribution in [0.15, 0.2) is 0 Å². The minimum Gasteiger partial charge on any atom is -0.469 e. The van der Waals surface area contributed by atoms with E-state index in [4.69, 9.17) is 14.2 Å². The molecule has 0 bridgehead atoms. The van der Waals surface area contributed by atoms with Gasteiger partial charge in [-0.05, 0) is 0 Å². The first-order chi connectivity index (χ1) is 6.83. The molecule has 1 atom stereocenters. The molecule has 14 heavy (non-hydrogen) atoms.